The van der Waals surface area contributed by atoms with Crippen molar-refractivity contribution >= 4 is 5.91 Å². The lowest BCUT2D eigenvalue weighted by Gasteiger charge is -2.17. The Bertz CT molecular complexity index is 966. The molecule has 0 radical (unpaired) electrons. The number of ether oxygens (including phenoxy) is 1. The van der Waals surface area contributed by atoms with Gasteiger partial charge in [-0.1, -0.05) is 30.3 Å². The molecule has 3 aromatic rings. The summed E-state index contributed by atoms with van der Waals surface area (Å²) in [6, 6.07) is 17.1. The standard InChI is InChI=1S/C21H21N3O3/c1-15-22-13-17(21(26)23-15)12-20(25)24(2)14-16-8-10-19(11-9-16)27-18-6-4-3-5-7-18/h3-11,13H,12,14H2,1-2H3,(H,22,23,26). The number of nitrogens with one attached hydrogen (secondary N) is 1. The molecule has 138 valence electrons. The molecule has 0 spiro atoms. The normalized spacial score (nSPS) is 10.4. The minimum atomic E-state index is -0.272. The van der Waals surface area contributed by atoms with Gasteiger partial charge in [-0.15, -0.1) is 0 Å². The van der Waals surface area contributed by atoms with Gasteiger partial charge in [0.05, 0.1) is 6.42 Å². The maximum atomic E-state index is 12.4. The van der Waals surface area contributed by atoms with Crippen LogP contribution in [0.2, 0.25) is 0 Å². The van der Waals surface area contributed by atoms with Gasteiger partial charge in [0.1, 0.15) is 17.3 Å². The molecule has 0 aliphatic rings. The van der Waals surface area contributed by atoms with Crippen molar-refractivity contribution in [3.63, 3.8) is 0 Å². The molecule has 0 atom stereocenters. The van der Waals surface area contributed by atoms with E-state index in [1.807, 2.05) is 54.6 Å². The van der Waals surface area contributed by atoms with Crippen LogP contribution in [0.15, 0.2) is 65.6 Å². The van der Waals surface area contributed by atoms with Crippen LogP contribution in [0, 0.1) is 6.92 Å². The second kappa shape index (κ2) is 8.31. The maximum Gasteiger partial charge on any atom is 0.254 e. The lowest BCUT2D eigenvalue weighted by Crippen LogP contribution is -2.30. The van der Waals surface area contributed by atoms with Crippen LogP contribution in [0.25, 0.3) is 0 Å². The van der Waals surface area contributed by atoms with Gasteiger partial charge in [-0.05, 0) is 36.8 Å². The Kier molecular flexibility index (Phi) is 5.66. The number of aryl methyl sites for hydroxylation is 1. The van der Waals surface area contributed by atoms with Crippen LogP contribution in [0.5, 0.6) is 11.5 Å². The van der Waals surface area contributed by atoms with Crippen LogP contribution < -0.4 is 10.3 Å². The van der Waals surface area contributed by atoms with Crippen molar-refractivity contribution in [2.75, 3.05) is 7.05 Å². The highest BCUT2D eigenvalue weighted by atomic mass is 16.5. The highest BCUT2D eigenvalue weighted by Gasteiger charge is 2.13. The number of benzene rings is 2. The summed E-state index contributed by atoms with van der Waals surface area (Å²) in [6.07, 6.45) is 1.48. The van der Waals surface area contributed by atoms with Gasteiger partial charge >= 0.3 is 0 Å². The molecule has 0 aliphatic heterocycles. The van der Waals surface area contributed by atoms with Gasteiger partial charge in [0, 0.05) is 25.4 Å². The van der Waals surface area contributed by atoms with E-state index in [4.69, 9.17) is 4.74 Å². The van der Waals surface area contributed by atoms with Gasteiger partial charge in [0.15, 0.2) is 0 Å². The van der Waals surface area contributed by atoms with E-state index < -0.39 is 0 Å². The third-order valence-electron chi connectivity index (χ3n) is 4.09. The number of H-pyrrole nitrogens is 1. The van der Waals surface area contributed by atoms with E-state index in [0.717, 1.165) is 17.1 Å². The Balaban J connectivity index is 1.59. The van der Waals surface area contributed by atoms with Gasteiger partial charge in [-0.3, -0.25) is 9.59 Å². The second-order valence-electron chi connectivity index (χ2n) is 6.31. The van der Waals surface area contributed by atoms with E-state index in [1.54, 1.807) is 18.9 Å². The Labute approximate surface area is 157 Å². The number of likely N-dealkylation sites (N-methyl/N-ethyl adjacent to an activating group) is 1. The Morgan fingerprint density at radius 1 is 1.07 bits per heavy atom. The van der Waals surface area contributed by atoms with E-state index in [2.05, 4.69) is 9.97 Å². The molecule has 0 unspecified atom stereocenters. The Morgan fingerprint density at radius 3 is 2.41 bits per heavy atom. The molecule has 3 rings (SSSR count). The lowest BCUT2D eigenvalue weighted by atomic mass is 10.2. The SMILES string of the molecule is Cc1ncc(CC(=O)N(C)Cc2ccc(Oc3ccccc3)cc2)c(=O)[nH]1. The molecule has 6 heteroatoms. The number of hydrogen-bond acceptors (Lipinski definition) is 4. The first kappa shape index (κ1) is 18.4. The molecule has 1 heterocycles. The molecule has 0 saturated heterocycles. The van der Waals surface area contributed by atoms with E-state index in [-0.39, 0.29) is 17.9 Å². The van der Waals surface area contributed by atoms with Crippen LogP contribution in [-0.2, 0) is 17.8 Å². The Morgan fingerprint density at radius 2 is 1.74 bits per heavy atom. The van der Waals surface area contributed by atoms with Gasteiger partial charge in [0.25, 0.3) is 5.56 Å². The van der Waals surface area contributed by atoms with Crippen molar-refractivity contribution in [1.29, 1.82) is 0 Å². The molecule has 0 bridgehead atoms. The molecule has 0 aliphatic carbocycles. The zero-order valence-corrected chi connectivity index (χ0v) is 15.3. The number of para-hydroxylation sites is 1. The van der Waals surface area contributed by atoms with Gasteiger partial charge in [-0.2, -0.15) is 0 Å². The number of nitrogens with zero attached hydrogens (tertiary/aromatic N) is 2. The molecule has 6 nitrogen and oxygen atoms in total. The minimum Gasteiger partial charge on any atom is -0.457 e. The maximum absolute atomic E-state index is 12.4. The highest BCUT2D eigenvalue weighted by molar-refractivity contribution is 5.78. The minimum absolute atomic E-state index is 0.0221. The first-order valence-corrected chi connectivity index (χ1v) is 8.62. The predicted molar refractivity (Wildman–Crippen MR) is 103 cm³/mol. The molecule has 1 amide bonds. The van der Waals surface area contributed by atoms with E-state index in [1.165, 1.54) is 6.20 Å². The van der Waals surface area contributed by atoms with Crippen LogP contribution in [0.1, 0.15) is 17.0 Å². The number of carbonyl (C=O) groups is 1. The summed E-state index contributed by atoms with van der Waals surface area (Å²) in [5, 5.41) is 0. The van der Waals surface area contributed by atoms with Crippen molar-refractivity contribution < 1.29 is 9.53 Å². The summed E-state index contributed by atoms with van der Waals surface area (Å²) in [4.78, 5) is 32.5. The van der Waals surface area contributed by atoms with Gasteiger partial charge in [-0.25, -0.2) is 4.98 Å². The summed E-state index contributed by atoms with van der Waals surface area (Å²) >= 11 is 0. The van der Waals surface area contributed by atoms with E-state index >= 15 is 0 Å². The lowest BCUT2D eigenvalue weighted by molar-refractivity contribution is -0.129. The first-order chi connectivity index (χ1) is 13.0. The molecule has 1 aromatic heterocycles. The fourth-order valence-corrected chi connectivity index (χ4v) is 2.58. The fraction of sp³-hybridized carbons (Fsp3) is 0.190. The first-order valence-electron chi connectivity index (χ1n) is 8.62. The van der Waals surface area contributed by atoms with Crippen LogP contribution in [0.3, 0.4) is 0 Å². The zero-order chi connectivity index (χ0) is 19.2. The van der Waals surface area contributed by atoms with Gasteiger partial charge in [0.2, 0.25) is 5.91 Å². The Hall–Kier alpha value is -3.41. The zero-order valence-electron chi connectivity index (χ0n) is 15.3. The summed E-state index contributed by atoms with van der Waals surface area (Å²) < 4.78 is 5.76. The predicted octanol–water partition coefficient (Wildman–Crippen LogP) is 3.07. The van der Waals surface area contributed by atoms with Crippen molar-refractivity contribution in [3.8, 4) is 11.5 Å². The number of rotatable bonds is 6. The summed E-state index contributed by atoms with van der Waals surface area (Å²) in [5.41, 5.74) is 1.07. The largest absolute Gasteiger partial charge is 0.457 e. The number of aromatic nitrogens is 2. The average Bonchev–Trinajstić information content (AvgIpc) is 2.66. The summed E-state index contributed by atoms with van der Waals surface area (Å²) in [6.45, 7) is 2.14. The third-order valence-corrected chi connectivity index (χ3v) is 4.09. The van der Waals surface area contributed by atoms with Crippen molar-refractivity contribution in [1.82, 2.24) is 14.9 Å². The quantitative estimate of drug-likeness (QED) is 0.730. The van der Waals surface area contributed by atoms with Crippen molar-refractivity contribution in [2.24, 2.45) is 0 Å². The monoisotopic (exact) mass is 363 g/mol. The molecule has 0 fully saturated rings. The number of hydrogen-bond donors (Lipinski definition) is 1. The molecule has 2 aromatic carbocycles. The van der Waals surface area contributed by atoms with Crippen molar-refractivity contribution in [3.05, 3.63) is 88.1 Å². The molecule has 0 saturated carbocycles. The number of carbonyl (C=O) groups excluding carboxylic acids is 1. The topological polar surface area (TPSA) is 75.3 Å². The molecular weight excluding hydrogens is 342 g/mol. The highest BCUT2D eigenvalue weighted by Crippen LogP contribution is 2.21. The van der Waals surface area contributed by atoms with Crippen LogP contribution in [0.4, 0.5) is 0 Å². The number of aromatic amines is 1. The fourth-order valence-electron chi connectivity index (χ4n) is 2.58. The summed E-state index contributed by atoms with van der Waals surface area (Å²) in [7, 11) is 1.71. The van der Waals surface area contributed by atoms with E-state index in [9.17, 15) is 9.59 Å². The van der Waals surface area contributed by atoms with Crippen LogP contribution in [-0.4, -0.2) is 27.8 Å². The molecular formula is C21H21N3O3. The number of amides is 1. The van der Waals surface area contributed by atoms with Crippen molar-refractivity contribution in [2.45, 2.75) is 19.9 Å². The van der Waals surface area contributed by atoms with Gasteiger partial charge < -0.3 is 14.6 Å². The second-order valence-corrected chi connectivity index (χ2v) is 6.31. The third kappa shape index (κ3) is 5.04. The summed E-state index contributed by atoms with van der Waals surface area (Å²) in [5.74, 6) is 1.89. The molecule has 1 N–H and O–H groups in total. The molecule has 27 heavy (non-hydrogen) atoms. The smallest absolute Gasteiger partial charge is 0.254 e. The van der Waals surface area contributed by atoms with Crippen LogP contribution >= 0.6 is 0 Å². The van der Waals surface area contributed by atoms with E-state index in [0.29, 0.717) is 17.9 Å². The average molecular weight is 363 g/mol.